The molecule has 0 aliphatic rings. The molecule has 0 atom stereocenters. The zero-order valence-electron chi connectivity index (χ0n) is 4.87. The molecule has 3 nitrogen and oxygen atoms in total. The molecule has 0 unspecified atom stereocenters. The molecule has 1 rings (SSSR count). The van der Waals surface area contributed by atoms with Crippen LogP contribution in [0.1, 0.15) is 5.01 Å². The van der Waals surface area contributed by atoms with Crippen molar-refractivity contribution in [3.63, 3.8) is 0 Å². The Kier molecular flexibility index (Phi) is 2.44. The predicted molar refractivity (Wildman–Crippen MR) is 37.6 cm³/mol. The quantitative estimate of drug-likeness (QED) is 0.518. The summed E-state index contributed by atoms with van der Waals surface area (Å²) in [5, 5.41) is 16.9. The molecule has 0 saturated carbocycles. The summed E-state index contributed by atoms with van der Waals surface area (Å²) in [5.41, 5.74) is 0. The zero-order valence-corrected chi connectivity index (χ0v) is 6.50. The molecule has 0 aliphatic carbocycles. The Balaban J connectivity index is 2.61. The van der Waals surface area contributed by atoms with Crippen LogP contribution in [-0.4, -0.2) is 21.2 Å². The zero-order chi connectivity index (χ0) is 6.69. The monoisotopic (exact) mass is 162 g/mol. The van der Waals surface area contributed by atoms with Gasteiger partial charge in [0.05, 0.1) is 5.94 Å². The number of aryl methyl sites for hydroxylation is 1. The first-order valence-corrected chi connectivity index (χ1v) is 4.17. The van der Waals surface area contributed by atoms with Crippen LogP contribution < -0.4 is 0 Å². The molecule has 0 amide bonds. The number of nitrogens with zero attached hydrogens (tertiary/aromatic N) is 2. The second kappa shape index (κ2) is 3.14. The van der Waals surface area contributed by atoms with Gasteiger partial charge in [-0.2, -0.15) is 0 Å². The molecule has 1 aromatic heterocycles. The van der Waals surface area contributed by atoms with Crippen molar-refractivity contribution in [3.05, 3.63) is 5.01 Å². The summed E-state index contributed by atoms with van der Waals surface area (Å²) in [6, 6.07) is 0. The van der Waals surface area contributed by atoms with Crippen LogP contribution in [0.2, 0.25) is 0 Å². The topological polar surface area (TPSA) is 46.0 Å². The molecule has 0 aromatic carbocycles. The van der Waals surface area contributed by atoms with Crippen molar-refractivity contribution < 1.29 is 5.11 Å². The Morgan fingerprint density at radius 1 is 1.67 bits per heavy atom. The van der Waals surface area contributed by atoms with Gasteiger partial charge in [-0.05, 0) is 6.92 Å². The van der Waals surface area contributed by atoms with E-state index in [1.807, 2.05) is 6.92 Å². The van der Waals surface area contributed by atoms with E-state index in [0.717, 1.165) is 9.35 Å². The highest BCUT2D eigenvalue weighted by molar-refractivity contribution is 8.00. The van der Waals surface area contributed by atoms with Crippen LogP contribution in [-0.2, 0) is 0 Å². The van der Waals surface area contributed by atoms with Gasteiger partial charge in [0.25, 0.3) is 0 Å². The van der Waals surface area contributed by atoms with Gasteiger partial charge >= 0.3 is 0 Å². The molecular weight excluding hydrogens is 156 g/mol. The Hall–Kier alpha value is -0.130. The van der Waals surface area contributed by atoms with E-state index in [4.69, 9.17) is 5.11 Å². The normalized spacial score (nSPS) is 10.0. The van der Waals surface area contributed by atoms with Crippen LogP contribution in [0.4, 0.5) is 0 Å². The fourth-order valence-corrected chi connectivity index (χ4v) is 1.77. The van der Waals surface area contributed by atoms with Gasteiger partial charge in [-0.1, -0.05) is 23.1 Å². The summed E-state index contributed by atoms with van der Waals surface area (Å²) in [6.45, 7) is 1.89. The van der Waals surface area contributed by atoms with Crippen molar-refractivity contribution >= 4 is 23.1 Å². The second-order valence-electron chi connectivity index (χ2n) is 1.36. The van der Waals surface area contributed by atoms with Gasteiger partial charge in [-0.15, -0.1) is 10.2 Å². The first kappa shape index (κ1) is 6.98. The fourth-order valence-electron chi connectivity index (χ4n) is 0.392. The maximum atomic E-state index is 8.43. The summed E-state index contributed by atoms with van der Waals surface area (Å²) in [7, 11) is 0. The molecule has 5 heteroatoms. The van der Waals surface area contributed by atoms with Crippen molar-refractivity contribution in [1.29, 1.82) is 0 Å². The largest absolute Gasteiger partial charge is 0.385 e. The SMILES string of the molecule is Cc1nnc(SCO)s1. The van der Waals surface area contributed by atoms with Crippen LogP contribution in [0.15, 0.2) is 4.34 Å². The maximum Gasteiger partial charge on any atom is 0.176 e. The molecule has 0 saturated heterocycles. The number of hydrogen-bond donors (Lipinski definition) is 1. The number of rotatable bonds is 2. The predicted octanol–water partition coefficient (Wildman–Crippen LogP) is 0.888. The summed E-state index contributed by atoms with van der Waals surface area (Å²) < 4.78 is 0.829. The van der Waals surface area contributed by atoms with Gasteiger partial charge in [-0.25, -0.2) is 0 Å². The van der Waals surface area contributed by atoms with Gasteiger partial charge in [0.2, 0.25) is 0 Å². The summed E-state index contributed by atoms with van der Waals surface area (Å²) in [5.74, 6) is 0.0780. The van der Waals surface area contributed by atoms with E-state index in [2.05, 4.69) is 10.2 Å². The molecule has 1 aromatic rings. The van der Waals surface area contributed by atoms with Crippen molar-refractivity contribution in [2.75, 3.05) is 5.94 Å². The Bertz CT molecular complexity index is 188. The molecule has 9 heavy (non-hydrogen) atoms. The molecule has 0 fully saturated rings. The number of aliphatic hydroxyl groups excluding tert-OH is 1. The Morgan fingerprint density at radius 2 is 2.44 bits per heavy atom. The van der Waals surface area contributed by atoms with Crippen LogP contribution in [0, 0.1) is 6.92 Å². The van der Waals surface area contributed by atoms with Gasteiger partial charge in [0.1, 0.15) is 5.01 Å². The minimum Gasteiger partial charge on any atom is -0.385 e. The molecule has 0 spiro atoms. The average molecular weight is 162 g/mol. The van der Waals surface area contributed by atoms with E-state index in [0.29, 0.717) is 0 Å². The van der Waals surface area contributed by atoms with Gasteiger partial charge in [-0.3, -0.25) is 0 Å². The Labute approximate surface area is 61.1 Å². The van der Waals surface area contributed by atoms with Crippen molar-refractivity contribution in [1.82, 2.24) is 10.2 Å². The summed E-state index contributed by atoms with van der Waals surface area (Å²) in [4.78, 5) is 0. The van der Waals surface area contributed by atoms with E-state index in [-0.39, 0.29) is 5.94 Å². The number of aromatic nitrogens is 2. The third-order valence-corrected chi connectivity index (χ3v) is 2.39. The average Bonchev–Trinajstić information content (AvgIpc) is 2.17. The number of aliphatic hydroxyl groups is 1. The summed E-state index contributed by atoms with van der Waals surface area (Å²) >= 11 is 2.79. The van der Waals surface area contributed by atoms with E-state index in [1.54, 1.807) is 0 Å². The standard InChI is InChI=1S/C4H6N2OS2/c1-3-5-6-4(9-3)8-2-7/h7H,2H2,1H3. The van der Waals surface area contributed by atoms with E-state index >= 15 is 0 Å². The molecule has 0 aliphatic heterocycles. The first-order chi connectivity index (χ1) is 4.33. The van der Waals surface area contributed by atoms with Gasteiger partial charge in [0, 0.05) is 0 Å². The van der Waals surface area contributed by atoms with E-state index < -0.39 is 0 Å². The fraction of sp³-hybridized carbons (Fsp3) is 0.500. The molecule has 0 bridgehead atoms. The van der Waals surface area contributed by atoms with Crippen molar-refractivity contribution in [3.8, 4) is 0 Å². The highest BCUT2D eigenvalue weighted by Gasteiger charge is 1.97. The molecule has 50 valence electrons. The highest BCUT2D eigenvalue weighted by Crippen LogP contribution is 2.19. The smallest absolute Gasteiger partial charge is 0.176 e. The number of thioether (sulfide) groups is 1. The number of hydrogen-bond acceptors (Lipinski definition) is 5. The van der Waals surface area contributed by atoms with Crippen LogP contribution in [0.5, 0.6) is 0 Å². The lowest BCUT2D eigenvalue weighted by Gasteiger charge is -1.82. The lowest BCUT2D eigenvalue weighted by atomic mass is 10.9. The Morgan fingerprint density at radius 3 is 2.89 bits per heavy atom. The molecular formula is C4H6N2OS2. The molecule has 1 heterocycles. The third kappa shape index (κ3) is 1.92. The van der Waals surface area contributed by atoms with Gasteiger partial charge < -0.3 is 5.11 Å². The van der Waals surface area contributed by atoms with E-state index in [1.165, 1.54) is 23.1 Å². The lowest BCUT2D eigenvalue weighted by Crippen LogP contribution is -1.73. The first-order valence-electron chi connectivity index (χ1n) is 2.36. The van der Waals surface area contributed by atoms with Crippen LogP contribution in [0.3, 0.4) is 0 Å². The molecule has 0 radical (unpaired) electrons. The van der Waals surface area contributed by atoms with Gasteiger partial charge in [0.15, 0.2) is 4.34 Å². The maximum absolute atomic E-state index is 8.43. The van der Waals surface area contributed by atoms with Crippen molar-refractivity contribution in [2.45, 2.75) is 11.3 Å². The second-order valence-corrected chi connectivity index (χ2v) is 3.73. The van der Waals surface area contributed by atoms with Crippen LogP contribution >= 0.6 is 23.1 Å². The third-order valence-electron chi connectivity index (χ3n) is 0.696. The van der Waals surface area contributed by atoms with Crippen molar-refractivity contribution in [2.24, 2.45) is 0 Å². The highest BCUT2D eigenvalue weighted by atomic mass is 32.2. The van der Waals surface area contributed by atoms with Crippen LogP contribution in [0.25, 0.3) is 0 Å². The molecule has 1 N–H and O–H groups in total. The lowest BCUT2D eigenvalue weighted by molar-refractivity contribution is 0.375. The minimum atomic E-state index is 0.0780. The van der Waals surface area contributed by atoms with E-state index in [9.17, 15) is 0 Å². The minimum absolute atomic E-state index is 0.0780. The summed E-state index contributed by atoms with van der Waals surface area (Å²) in [6.07, 6.45) is 0.